The van der Waals surface area contributed by atoms with Crippen molar-refractivity contribution in [3.63, 3.8) is 0 Å². The van der Waals surface area contributed by atoms with E-state index in [1.165, 1.54) is 30.0 Å². The Morgan fingerprint density at radius 3 is 2.77 bits per heavy atom. The molecule has 0 saturated heterocycles. The number of anilines is 1. The molecule has 0 aliphatic carbocycles. The average Bonchev–Trinajstić information content (AvgIpc) is 3.10. The summed E-state index contributed by atoms with van der Waals surface area (Å²) in [5.41, 5.74) is 2.01. The fourth-order valence-electron chi connectivity index (χ4n) is 2.39. The minimum Gasteiger partial charge on any atom is -0.322 e. The summed E-state index contributed by atoms with van der Waals surface area (Å²) in [5.74, 6) is -0.359. The lowest BCUT2D eigenvalue weighted by atomic mass is 10.1. The standard InChI is InChI=1S/C16H14N6O3S/c1-10-8-11(6-7-14(10)22(24)25)15(23)17-12-4-3-5-13(9-12)21-16(26-2)18-19-20-21/h3-9H,1-2H3,(H,17,23). The molecule has 1 aromatic heterocycles. The van der Waals surface area contributed by atoms with E-state index in [1.54, 1.807) is 29.8 Å². The van der Waals surface area contributed by atoms with Gasteiger partial charge in [-0.3, -0.25) is 14.9 Å². The van der Waals surface area contributed by atoms with Crippen molar-refractivity contribution in [2.24, 2.45) is 0 Å². The molecule has 26 heavy (non-hydrogen) atoms. The number of carbonyl (C=O) groups excluding carboxylic acids is 1. The second-order valence-corrected chi connectivity index (χ2v) is 6.11. The van der Waals surface area contributed by atoms with Gasteiger partial charge in [0, 0.05) is 22.9 Å². The zero-order valence-electron chi connectivity index (χ0n) is 13.9. The van der Waals surface area contributed by atoms with Crippen LogP contribution in [0.4, 0.5) is 11.4 Å². The zero-order valence-corrected chi connectivity index (χ0v) is 14.7. The van der Waals surface area contributed by atoms with Crippen molar-refractivity contribution >= 4 is 29.0 Å². The Hall–Kier alpha value is -3.27. The molecule has 0 unspecified atom stereocenters. The van der Waals surface area contributed by atoms with E-state index >= 15 is 0 Å². The summed E-state index contributed by atoms with van der Waals surface area (Å²) < 4.78 is 1.57. The Bertz CT molecular complexity index is 988. The third-order valence-corrected chi connectivity index (χ3v) is 4.25. The summed E-state index contributed by atoms with van der Waals surface area (Å²) in [4.78, 5) is 22.8. The maximum atomic E-state index is 12.4. The molecule has 9 nitrogen and oxygen atoms in total. The van der Waals surface area contributed by atoms with Crippen molar-refractivity contribution in [2.45, 2.75) is 12.1 Å². The number of aryl methyl sites for hydroxylation is 1. The van der Waals surface area contributed by atoms with Crippen LogP contribution in [-0.4, -0.2) is 37.3 Å². The van der Waals surface area contributed by atoms with Gasteiger partial charge in [0.25, 0.3) is 11.6 Å². The topological polar surface area (TPSA) is 116 Å². The second-order valence-electron chi connectivity index (χ2n) is 5.34. The van der Waals surface area contributed by atoms with E-state index in [4.69, 9.17) is 0 Å². The number of hydrogen-bond donors (Lipinski definition) is 1. The maximum Gasteiger partial charge on any atom is 0.272 e. The summed E-state index contributed by atoms with van der Waals surface area (Å²) in [6.07, 6.45) is 1.87. The first-order valence-electron chi connectivity index (χ1n) is 7.49. The van der Waals surface area contributed by atoms with Gasteiger partial charge in [-0.2, -0.15) is 4.68 Å². The third-order valence-electron chi connectivity index (χ3n) is 3.63. The van der Waals surface area contributed by atoms with Crippen molar-refractivity contribution < 1.29 is 9.72 Å². The highest BCUT2D eigenvalue weighted by Gasteiger charge is 2.14. The van der Waals surface area contributed by atoms with Gasteiger partial charge in [-0.05, 0) is 53.9 Å². The number of carbonyl (C=O) groups is 1. The number of thioether (sulfide) groups is 1. The first kappa shape index (κ1) is 17.5. The first-order valence-corrected chi connectivity index (χ1v) is 8.71. The Morgan fingerprint density at radius 2 is 2.08 bits per heavy atom. The van der Waals surface area contributed by atoms with Crippen LogP contribution in [0.15, 0.2) is 47.6 Å². The Kier molecular flexibility index (Phi) is 4.94. The van der Waals surface area contributed by atoms with Gasteiger partial charge in [-0.15, -0.1) is 5.10 Å². The number of aromatic nitrogens is 4. The largest absolute Gasteiger partial charge is 0.322 e. The van der Waals surface area contributed by atoms with E-state index in [0.29, 0.717) is 27.7 Å². The lowest BCUT2D eigenvalue weighted by Crippen LogP contribution is -2.12. The molecule has 0 aliphatic heterocycles. The van der Waals surface area contributed by atoms with Gasteiger partial charge in [0.2, 0.25) is 5.16 Å². The normalized spacial score (nSPS) is 10.5. The van der Waals surface area contributed by atoms with E-state index < -0.39 is 4.92 Å². The number of benzene rings is 2. The Morgan fingerprint density at radius 1 is 1.27 bits per heavy atom. The van der Waals surface area contributed by atoms with Gasteiger partial charge < -0.3 is 5.32 Å². The molecule has 0 atom stereocenters. The summed E-state index contributed by atoms with van der Waals surface area (Å²) in [6.45, 7) is 1.59. The number of hydrogen-bond acceptors (Lipinski definition) is 7. The van der Waals surface area contributed by atoms with Crippen LogP contribution < -0.4 is 5.32 Å². The summed E-state index contributed by atoms with van der Waals surface area (Å²) in [6, 6.07) is 11.3. The maximum absolute atomic E-state index is 12.4. The molecular formula is C16H14N6O3S. The second kappa shape index (κ2) is 7.31. The molecule has 1 amide bonds. The number of rotatable bonds is 5. The number of nitro benzene ring substituents is 1. The highest BCUT2D eigenvalue weighted by atomic mass is 32.2. The molecule has 3 rings (SSSR count). The predicted molar refractivity (Wildman–Crippen MR) is 96.7 cm³/mol. The van der Waals surface area contributed by atoms with Crippen molar-refractivity contribution in [3.8, 4) is 5.69 Å². The molecule has 0 saturated carbocycles. The average molecular weight is 370 g/mol. The van der Waals surface area contributed by atoms with Crippen molar-refractivity contribution in [3.05, 3.63) is 63.7 Å². The van der Waals surface area contributed by atoms with Crippen LogP contribution in [0.5, 0.6) is 0 Å². The molecule has 0 bridgehead atoms. The summed E-state index contributed by atoms with van der Waals surface area (Å²) >= 11 is 1.40. The van der Waals surface area contributed by atoms with Crippen LogP contribution in [0.25, 0.3) is 5.69 Å². The van der Waals surface area contributed by atoms with Crippen LogP contribution in [0.1, 0.15) is 15.9 Å². The van der Waals surface area contributed by atoms with Crippen LogP contribution in [0.3, 0.4) is 0 Å². The molecule has 10 heteroatoms. The molecule has 1 heterocycles. The predicted octanol–water partition coefficient (Wildman–Crippen LogP) is 2.85. The SMILES string of the molecule is CSc1nnnn1-c1cccc(NC(=O)c2ccc([N+](=O)[O-])c(C)c2)c1. The van der Waals surface area contributed by atoms with Crippen molar-refractivity contribution in [1.82, 2.24) is 20.2 Å². The quantitative estimate of drug-likeness (QED) is 0.417. The number of nitro groups is 1. The van der Waals surface area contributed by atoms with Crippen LogP contribution >= 0.6 is 11.8 Å². The Labute approximate surface area is 152 Å². The van der Waals surface area contributed by atoms with Gasteiger partial charge in [0.15, 0.2) is 0 Å². The lowest BCUT2D eigenvalue weighted by molar-refractivity contribution is -0.385. The fraction of sp³-hybridized carbons (Fsp3) is 0.125. The minimum absolute atomic E-state index is 0.0215. The number of nitrogens with zero attached hydrogens (tertiary/aromatic N) is 5. The highest BCUT2D eigenvalue weighted by Crippen LogP contribution is 2.21. The van der Waals surface area contributed by atoms with Gasteiger partial charge in [-0.1, -0.05) is 17.8 Å². The lowest BCUT2D eigenvalue weighted by Gasteiger charge is -2.08. The van der Waals surface area contributed by atoms with Crippen LogP contribution in [0.2, 0.25) is 0 Å². The molecule has 0 spiro atoms. The molecule has 0 aliphatic rings. The molecular weight excluding hydrogens is 356 g/mol. The highest BCUT2D eigenvalue weighted by molar-refractivity contribution is 7.98. The summed E-state index contributed by atoms with van der Waals surface area (Å²) in [7, 11) is 0. The molecule has 0 fully saturated rings. The fourth-order valence-corrected chi connectivity index (χ4v) is 2.82. The minimum atomic E-state index is -0.476. The number of nitrogens with one attached hydrogen (secondary N) is 1. The first-order chi connectivity index (χ1) is 12.5. The van der Waals surface area contributed by atoms with E-state index in [9.17, 15) is 14.9 Å². The number of amides is 1. The number of tetrazole rings is 1. The molecule has 2 aromatic carbocycles. The molecule has 1 N–H and O–H groups in total. The van der Waals surface area contributed by atoms with Gasteiger partial charge >= 0.3 is 0 Å². The van der Waals surface area contributed by atoms with Crippen LogP contribution in [0, 0.1) is 17.0 Å². The monoisotopic (exact) mass is 370 g/mol. The van der Waals surface area contributed by atoms with E-state index in [-0.39, 0.29) is 11.6 Å². The zero-order chi connectivity index (χ0) is 18.7. The van der Waals surface area contributed by atoms with Gasteiger partial charge in [0.1, 0.15) is 0 Å². The Balaban J connectivity index is 1.83. The molecule has 0 radical (unpaired) electrons. The van der Waals surface area contributed by atoms with Crippen molar-refractivity contribution in [1.29, 1.82) is 0 Å². The third kappa shape index (κ3) is 3.54. The van der Waals surface area contributed by atoms with Gasteiger partial charge in [-0.25, -0.2) is 0 Å². The molecule has 3 aromatic rings. The van der Waals surface area contributed by atoms with Crippen molar-refractivity contribution in [2.75, 3.05) is 11.6 Å². The molecule has 132 valence electrons. The van der Waals surface area contributed by atoms with E-state index in [1.807, 2.05) is 12.3 Å². The summed E-state index contributed by atoms with van der Waals surface area (Å²) in [5, 5.41) is 25.8. The van der Waals surface area contributed by atoms with Crippen LogP contribution in [-0.2, 0) is 0 Å². The van der Waals surface area contributed by atoms with E-state index in [2.05, 4.69) is 20.8 Å². The van der Waals surface area contributed by atoms with Gasteiger partial charge in [0.05, 0.1) is 10.6 Å². The smallest absolute Gasteiger partial charge is 0.272 e. The van der Waals surface area contributed by atoms with E-state index in [0.717, 1.165) is 0 Å².